The van der Waals surface area contributed by atoms with E-state index in [1.165, 1.54) is 11.3 Å². The van der Waals surface area contributed by atoms with Crippen molar-refractivity contribution < 1.29 is 5.11 Å². The lowest BCUT2D eigenvalue weighted by Gasteiger charge is -2.29. The van der Waals surface area contributed by atoms with Crippen molar-refractivity contribution in [2.24, 2.45) is 11.7 Å². The van der Waals surface area contributed by atoms with Gasteiger partial charge in [-0.25, -0.2) is 0 Å². The Bertz CT molecular complexity index is 280. The van der Waals surface area contributed by atoms with Crippen LogP contribution in [-0.2, 0) is 0 Å². The summed E-state index contributed by atoms with van der Waals surface area (Å²) in [5.74, 6) is 0.379. The molecule has 3 N–H and O–H groups in total. The van der Waals surface area contributed by atoms with Crippen LogP contribution in [0.15, 0.2) is 11.7 Å². The van der Waals surface area contributed by atoms with Crippen LogP contribution in [0.4, 0.5) is 0 Å². The minimum atomic E-state index is -0.757. The van der Waals surface area contributed by atoms with Gasteiger partial charge in [-0.05, 0) is 25.7 Å². The number of rotatable bonds is 3. The van der Waals surface area contributed by atoms with E-state index in [0.717, 1.165) is 17.7 Å². The van der Waals surface area contributed by atoms with E-state index in [4.69, 9.17) is 5.73 Å². The van der Waals surface area contributed by atoms with Gasteiger partial charge in [-0.3, -0.25) is 4.98 Å². The molecule has 72 valence electrons. The normalized spacial score (nSPS) is 23.9. The number of thiazole rings is 1. The van der Waals surface area contributed by atoms with E-state index in [-0.39, 0.29) is 6.04 Å². The van der Waals surface area contributed by atoms with Crippen LogP contribution in [0.3, 0.4) is 0 Å². The monoisotopic (exact) mass is 198 g/mol. The maximum Gasteiger partial charge on any atom is 0.0848 e. The minimum absolute atomic E-state index is 0.285. The van der Waals surface area contributed by atoms with Crippen LogP contribution in [0.25, 0.3) is 0 Å². The molecule has 1 aliphatic rings. The van der Waals surface area contributed by atoms with E-state index < -0.39 is 5.60 Å². The SMILES string of the molecule is CC(O)(C1CC1)C(N)c1cncs1. The molecule has 1 aromatic rings. The Kier molecular flexibility index (Phi) is 2.14. The Hall–Kier alpha value is -0.450. The van der Waals surface area contributed by atoms with E-state index in [9.17, 15) is 5.11 Å². The third-order valence-electron chi connectivity index (χ3n) is 2.79. The van der Waals surface area contributed by atoms with Crippen LogP contribution in [0, 0.1) is 5.92 Å². The van der Waals surface area contributed by atoms with Crippen molar-refractivity contribution in [1.29, 1.82) is 0 Å². The van der Waals surface area contributed by atoms with Crippen molar-refractivity contribution in [1.82, 2.24) is 4.98 Å². The van der Waals surface area contributed by atoms with E-state index >= 15 is 0 Å². The summed E-state index contributed by atoms with van der Waals surface area (Å²) in [5.41, 5.74) is 6.97. The molecular weight excluding hydrogens is 184 g/mol. The van der Waals surface area contributed by atoms with Gasteiger partial charge in [-0.2, -0.15) is 0 Å². The summed E-state index contributed by atoms with van der Waals surface area (Å²) >= 11 is 1.51. The van der Waals surface area contributed by atoms with Gasteiger partial charge in [0.05, 0.1) is 17.2 Å². The quantitative estimate of drug-likeness (QED) is 0.769. The van der Waals surface area contributed by atoms with Crippen molar-refractivity contribution in [3.8, 4) is 0 Å². The van der Waals surface area contributed by atoms with Crippen molar-refractivity contribution in [2.45, 2.75) is 31.4 Å². The zero-order chi connectivity index (χ0) is 9.47. The van der Waals surface area contributed by atoms with Gasteiger partial charge in [0.2, 0.25) is 0 Å². The van der Waals surface area contributed by atoms with E-state index in [1.807, 2.05) is 6.92 Å². The second-order valence-corrected chi connectivity index (χ2v) is 4.80. The lowest BCUT2D eigenvalue weighted by Crippen LogP contribution is -2.39. The standard InChI is InChI=1S/C9H14N2OS/c1-9(12,6-2-3-6)8(10)7-4-11-5-13-7/h4-6,8,12H,2-3,10H2,1H3. The van der Waals surface area contributed by atoms with E-state index in [1.54, 1.807) is 11.7 Å². The first kappa shape index (κ1) is 9.12. The molecule has 4 heteroatoms. The van der Waals surface area contributed by atoms with Crippen molar-refractivity contribution in [2.75, 3.05) is 0 Å². The fourth-order valence-corrected chi connectivity index (χ4v) is 2.34. The first-order chi connectivity index (χ1) is 6.12. The second kappa shape index (κ2) is 3.04. The summed E-state index contributed by atoms with van der Waals surface area (Å²) in [4.78, 5) is 4.93. The predicted molar refractivity (Wildman–Crippen MR) is 52.4 cm³/mol. The predicted octanol–water partition coefficient (Wildman–Crippen LogP) is 1.30. The number of nitrogens with zero attached hydrogens (tertiary/aromatic N) is 1. The highest BCUT2D eigenvalue weighted by molar-refractivity contribution is 7.09. The molecule has 2 rings (SSSR count). The summed E-state index contributed by atoms with van der Waals surface area (Å²) in [5, 5.41) is 10.1. The molecule has 1 fully saturated rings. The molecule has 2 unspecified atom stereocenters. The third-order valence-corrected chi connectivity index (χ3v) is 3.65. The number of aromatic nitrogens is 1. The Labute approximate surface area is 81.6 Å². The molecule has 0 radical (unpaired) electrons. The van der Waals surface area contributed by atoms with Crippen molar-refractivity contribution >= 4 is 11.3 Å². The Morgan fingerprint density at radius 2 is 2.46 bits per heavy atom. The average Bonchev–Trinajstić information content (AvgIpc) is 2.82. The number of nitrogens with two attached hydrogens (primary N) is 1. The Morgan fingerprint density at radius 3 is 2.92 bits per heavy atom. The molecule has 1 aliphatic carbocycles. The van der Waals surface area contributed by atoms with Gasteiger partial charge in [0, 0.05) is 11.1 Å². The summed E-state index contributed by atoms with van der Waals surface area (Å²) in [6, 6.07) is -0.285. The van der Waals surface area contributed by atoms with Crippen LogP contribution < -0.4 is 5.73 Å². The highest BCUT2D eigenvalue weighted by Gasteiger charge is 2.45. The molecular formula is C9H14N2OS. The third kappa shape index (κ3) is 1.61. The lowest BCUT2D eigenvalue weighted by atomic mass is 9.91. The topological polar surface area (TPSA) is 59.1 Å². The molecule has 3 nitrogen and oxygen atoms in total. The van der Waals surface area contributed by atoms with Crippen LogP contribution in [0.5, 0.6) is 0 Å². The van der Waals surface area contributed by atoms with Crippen molar-refractivity contribution in [3.05, 3.63) is 16.6 Å². The molecule has 1 saturated carbocycles. The largest absolute Gasteiger partial charge is 0.388 e. The molecule has 0 amide bonds. The summed E-state index contributed by atoms with van der Waals surface area (Å²) in [6.07, 6.45) is 3.94. The minimum Gasteiger partial charge on any atom is -0.388 e. The first-order valence-corrected chi connectivity index (χ1v) is 5.36. The molecule has 2 atom stereocenters. The smallest absolute Gasteiger partial charge is 0.0848 e. The van der Waals surface area contributed by atoms with Crippen LogP contribution in [-0.4, -0.2) is 15.7 Å². The highest BCUT2D eigenvalue weighted by Crippen LogP contribution is 2.45. The second-order valence-electron chi connectivity index (χ2n) is 3.88. The van der Waals surface area contributed by atoms with Crippen LogP contribution >= 0.6 is 11.3 Å². The zero-order valence-electron chi connectivity index (χ0n) is 7.60. The molecule has 0 aliphatic heterocycles. The van der Waals surface area contributed by atoms with Gasteiger partial charge in [-0.1, -0.05) is 0 Å². The van der Waals surface area contributed by atoms with Crippen LogP contribution in [0.1, 0.15) is 30.7 Å². The van der Waals surface area contributed by atoms with E-state index in [2.05, 4.69) is 4.98 Å². The maximum atomic E-state index is 10.1. The van der Waals surface area contributed by atoms with Gasteiger partial charge in [0.15, 0.2) is 0 Å². The Balaban J connectivity index is 2.15. The van der Waals surface area contributed by atoms with Gasteiger partial charge in [-0.15, -0.1) is 11.3 Å². The number of hydrogen-bond donors (Lipinski definition) is 2. The zero-order valence-corrected chi connectivity index (χ0v) is 8.42. The first-order valence-electron chi connectivity index (χ1n) is 4.48. The molecule has 0 bridgehead atoms. The molecule has 13 heavy (non-hydrogen) atoms. The Morgan fingerprint density at radius 1 is 1.77 bits per heavy atom. The molecule has 1 heterocycles. The maximum absolute atomic E-state index is 10.1. The van der Waals surface area contributed by atoms with Gasteiger partial charge < -0.3 is 10.8 Å². The summed E-state index contributed by atoms with van der Waals surface area (Å²) in [6.45, 7) is 1.83. The fourth-order valence-electron chi connectivity index (χ4n) is 1.59. The lowest BCUT2D eigenvalue weighted by molar-refractivity contribution is 0.0109. The highest BCUT2D eigenvalue weighted by atomic mass is 32.1. The van der Waals surface area contributed by atoms with Gasteiger partial charge in [0.25, 0.3) is 0 Å². The fraction of sp³-hybridized carbons (Fsp3) is 0.667. The summed E-state index contributed by atoms with van der Waals surface area (Å²) in [7, 11) is 0. The summed E-state index contributed by atoms with van der Waals surface area (Å²) < 4.78 is 0. The molecule has 0 spiro atoms. The van der Waals surface area contributed by atoms with Crippen molar-refractivity contribution in [3.63, 3.8) is 0 Å². The molecule has 0 saturated heterocycles. The average molecular weight is 198 g/mol. The number of aliphatic hydroxyl groups is 1. The number of hydrogen-bond acceptors (Lipinski definition) is 4. The van der Waals surface area contributed by atoms with Gasteiger partial charge in [0.1, 0.15) is 0 Å². The molecule has 0 aromatic carbocycles. The van der Waals surface area contributed by atoms with E-state index in [0.29, 0.717) is 5.92 Å². The van der Waals surface area contributed by atoms with Crippen LogP contribution in [0.2, 0.25) is 0 Å². The molecule has 1 aromatic heterocycles. The van der Waals surface area contributed by atoms with Gasteiger partial charge >= 0.3 is 0 Å².